The molecule has 96 valence electrons. The van der Waals surface area contributed by atoms with Gasteiger partial charge in [0.2, 0.25) is 0 Å². The Labute approximate surface area is 104 Å². The summed E-state index contributed by atoms with van der Waals surface area (Å²) in [5, 5.41) is 2.80. The predicted octanol–water partition coefficient (Wildman–Crippen LogP) is 2.16. The van der Waals surface area contributed by atoms with Crippen molar-refractivity contribution < 1.29 is 8.42 Å². The Balaban J connectivity index is 2.85. The molecule has 2 atom stereocenters. The van der Waals surface area contributed by atoms with Gasteiger partial charge < -0.3 is 5.32 Å². The van der Waals surface area contributed by atoms with E-state index < -0.39 is 9.84 Å². The van der Waals surface area contributed by atoms with Crippen molar-refractivity contribution in [3.8, 4) is 0 Å². The van der Waals surface area contributed by atoms with Crippen LogP contribution in [0.5, 0.6) is 0 Å². The summed E-state index contributed by atoms with van der Waals surface area (Å²) in [4.78, 5) is 0. The number of hydrogen-bond acceptors (Lipinski definition) is 3. The summed E-state index contributed by atoms with van der Waals surface area (Å²) >= 11 is 0. The van der Waals surface area contributed by atoms with Gasteiger partial charge in [-0.15, -0.1) is 0 Å². The van der Waals surface area contributed by atoms with Gasteiger partial charge in [-0.25, -0.2) is 8.42 Å². The van der Waals surface area contributed by atoms with Crippen LogP contribution in [0.3, 0.4) is 0 Å². The lowest BCUT2D eigenvalue weighted by Crippen LogP contribution is -2.30. The van der Waals surface area contributed by atoms with Gasteiger partial charge in [-0.3, -0.25) is 0 Å². The van der Waals surface area contributed by atoms with E-state index in [4.69, 9.17) is 0 Å². The fourth-order valence-corrected chi connectivity index (χ4v) is 3.34. The van der Waals surface area contributed by atoms with E-state index in [1.54, 1.807) is 14.0 Å². The highest BCUT2D eigenvalue weighted by molar-refractivity contribution is 7.92. The lowest BCUT2D eigenvalue weighted by Gasteiger charge is -2.19. The average Bonchev–Trinajstić information content (AvgIpc) is 2.36. The van der Waals surface area contributed by atoms with Crippen LogP contribution >= 0.6 is 0 Å². The molecule has 0 aliphatic carbocycles. The molecule has 0 saturated heterocycles. The van der Waals surface area contributed by atoms with Crippen LogP contribution in [0, 0.1) is 0 Å². The van der Waals surface area contributed by atoms with E-state index in [2.05, 4.69) is 5.32 Å². The monoisotopic (exact) mass is 255 g/mol. The highest BCUT2D eigenvalue weighted by Gasteiger charge is 2.24. The zero-order chi connectivity index (χ0) is 12.9. The van der Waals surface area contributed by atoms with Crippen LogP contribution in [0.25, 0.3) is 0 Å². The molecule has 17 heavy (non-hydrogen) atoms. The topological polar surface area (TPSA) is 46.2 Å². The number of hydrogen-bond donors (Lipinski definition) is 1. The van der Waals surface area contributed by atoms with Gasteiger partial charge >= 0.3 is 0 Å². The van der Waals surface area contributed by atoms with E-state index in [0.717, 1.165) is 5.56 Å². The Morgan fingerprint density at radius 2 is 1.82 bits per heavy atom. The van der Waals surface area contributed by atoms with Crippen LogP contribution in [0.1, 0.15) is 31.9 Å². The standard InChI is InChI=1S/C13H21NO2S/c1-4-11(2)17(15,16)10-13(14-3)12-8-6-5-7-9-12/h5-9,11,13-14H,4,10H2,1-3H3. The first-order valence-electron chi connectivity index (χ1n) is 5.95. The van der Waals surface area contributed by atoms with Gasteiger partial charge in [0.1, 0.15) is 0 Å². The Bertz CT molecular complexity index is 428. The Hall–Kier alpha value is -0.870. The number of sulfone groups is 1. The van der Waals surface area contributed by atoms with Gasteiger partial charge in [-0.2, -0.15) is 0 Å². The molecule has 0 heterocycles. The van der Waals surface area contributed by atoms with Gasteiger partial charge in [0.05, 0.1) is 11.0 Å². The van der Waals surface area contributed by atoms with Gasteiger partial charge in [0, 0.05) is 6.04 Å². The SMILES string of the molecule is CCC(C)S(=O)(=O)CC(NC)c1ccccc1. The summed E-state index contributed by atoms with van der Waals surface area (Å²) in [6, 6.07) is 9.56. The first kappa shape index (κ1) is 14.2. The Morgan fingerprint density at radius 1 is 1.24 bits per heavy atom. The third kappa shape index (κ3) is 3.82. The molecule has 0 fully saturated rings. The fourth-order valence-electron chi connectivity index (χ4n) is 1.68. The van der Waals surface area contributed by atoms with Crippen LogP contribution in [-0.4, -0.2) is 26.5 Å². The molecular weight excluding hydrogens is 234 g/mol. The van der Waals surface area contributed by atoms with Crippen LogP contribution in [0.4, 0.5) is 0 Å². The number of benzene rings is 1. The van der Waals surface area contributed by atoms with E-state index in [0.29, 0.717) is 6.42 Å². The van der Waals surface area contributed by atoms with E-state index in [9.17, 15) is 8.42 Å². The third-order valence-electron chi connectivity index (χ3n) is 3.14. The molecule has 0 aromatic heterocycles. The van der Waals surface area contributed by atoms with E-state index >= 15 is 0 Å². The van der Waals surface area contributed by atoms with Crippen LogP contribution in [-0.2, 0) is 9.84 Å². The lowest BCUT2D eigenvalue weighted by atomic mass is 10.1. The molecule has 0 aliphatic rings. The molecule has 1 aromatic rings. The minimum Gasteiger partial charge on any atom is -0.312 e. The Morgan fingerprint density at radius 3 is 2.29 bits per heavy atom. The van der Waals surface area contributed by atoms with E-state index in [-0.39, 0.29) is 17.0 Å². The molecule has 1 rings (SSSR count). The second-order valence-electron chi connectivity index (χ2n) is 4.30. The summed E-state index contributed by atoms with van der Waals surface area (Å²) in [5.74, 6) is 0.155. The molecule has 1 N–H and O–H groups in total. The van der Waals surface area contributed by atoms with E-state index in [1.807, 2.05) is 37.3 Å². The summed E-state index contributed by atoms with van der Waals surface area (Å²) in [5.41, 5.74) is 1.02. The molecule has 0 radical (unpaired) electrons. The maximum atomic E-state index is 12.1. The molecule has 3 nitrogen and oxygen atoms in total. The normalized spacial score (nSPS) is 15.5. The van der Waals surface area contributed by atoms with Gasteiger partial charge in [0.15, 0.2) is 9.84 Å². The second-order valence-corrected chi connectivity index (χ2v) is 6.76. The van der Waals surface area contributed by atoms with Crippen molar-refractivity contribution in [3.05, 3.63) is 35.9 Å². The zero-order valence-electron chi connectivity index (χ0n) is 10.7. The molecule has 0 saturated carbocycles. The highest BCUT2D eigenvalue weighted by atomic mass is 32.2. The average molecular weight is 255 g/mol. The van der Waals surface area contributed by atoms with Crippen molar-refractivity contribution in [2.75, 3.05) is 12.8 Å². The van der Waals surface area contributed by atoms with Gasteiger partial charge in [-0.05, 0) is 26.0 Å². The first-order chi connectivity index (χ1) is 8.01. The molecule has 1 aromatic carbocycles. The smallest absolute Gasteiger partial charge is 0.154 e. The summed E-state index contributed by atoms with van der Waals surface area (Å²) in [6.45, 7) is 3.67. The lowest BCUT2D eigenvalue weighted by molar-refractivity contribution is 0.561. The summed E-state index contributed by atoms with van der Waals surface area (Å²) < 4.78 is 24.1. The molecule has 0 bridgehead atoms. The van der Waals surface area contributed by atoms with Crippen molar-refractivity contribution in [3.63, 3.8) is 0 Å². The third-order valence-corrected chi connectivity index (χ3v) is 5.49. The summed E-state index contributed by atoms with van der Waals surface area (Å²) in [6.07, 6.45) is 0.660. The highest BCUT2D eigenvalue weighted by Crippen LogP contribution is 2.17. The van der Waals surface area contributed by atoms with Crippen molar-refractivity contribution in [2.45, 2.75) is 31.6 Å². The molecular formula is C13H21NO2S. The number of rotatable bonds is 6. The fraction of sp³-hybridized carbons (Fsp3) is 0.538. The molecule has 2 unspecified atom stereocenters. The molecule has 0 amide bonds. The maximum Gasteiger partial charge on any atom is 0.154 e. The van der Waals surface area contributed by atoms with Gasteiger partial charge in [-0.1, -0.05) is 37.3 Å². The number of nitrogens with one attached hydrogen (secondary N) is 1. The molecule has 0 aliphatic heterocycles. The minimum atomic E-state index is -3.03. The minimum absolute atomic E-state index is 0.129. The quantitative estimate of drug-likeness (QED) is 0.847. The molecule has 4 heteroatoms. The van der Waals surface area contributed by atoms with Crippen LogP contribution in [0.15, 0.2) is 30.3 Å². The van der Waals surface area contributed by atoms with Crippen molar-refractivity contribution in [1.29, 1.82) is 0 Å². The second kappa shape index (κ2) is 6.17. The predicted molar refractivity (Wildman–Crippen MR) is 71.8 cm³/mol. The van der Waals surface area contributed by atoms with Crippen LogP contribution in [0.2, 0.25) is 0 Å². The maximum absolute atomic E-state index is 12.1. The van der Waals surface area contributed by atoms with Crippen molar-refractivity contribution >= 4 is 9.84 Å². The largest absolute Gasteiger partial charge is 0.312 e. The van der Waals surface area contributed by atoms with Crippen molar-refractivity contribution in [2.24, 2.45) is 0 Å². The Kier molecular flexibility index (Phi) is 5.15. The van der Waals surface area contributed by atoms with Crippen molar-refractivity contribution in [1.82, 2.24) is 5.32 Å². The first-order valence-corrected chi connectivity index (χ1v) is 7.66. The zero-order valence-corrected chi connectivity index (χ0v) is 11.5. The van der Waals surface area contributed by atoms with E-state index in [1.165, 1.54) is 0 Å². The summed E-state index contributed by atoms with van der Waals surface area (Å²) in [7, 11) is -1.24. The van der Waals surface area contributed by atoms with Crippen LogP contribution < -0.4 is 5.32 Å². The molecule has 0 spiro atoms. The van der Waals surface area contributed by atoms with Gasteiger partial charge in [0.25, 0.3) is 0 Å².